The van der Waals surface area contributed by atoms with Crippen molar-refractivity contribution in [3.8, 4) is 0 Å². The van der Waals surface area contributed by atoms with Crippen molar-refractivity contribution >= 4 is 11.8 Å². The molecule has 2 aromatic heterocycles. The van der Waals surface area contributed by atoms with Gasteiger partial charge in [0.25, 0.3) is 0 Å². The average molecular weight is 330 g/mol. The van der Waals surface area contributed by atoms with Crippen LogP contribution in [0.25, 0.3) is 0 Å². The van der Waals surface area contributed by atoms with Crippen LogP contribution in [0.5, 0.6) is 0 Å². The molecule has 0 aromatic carbocycles. The molecule has 1 aliphatic rings. The summed E-state index contributed by atoms with van der Waals surface area (Å²) in [6.07, 6.45) is 4.20. The molecular weight excluding hydrogens is 308 g/mol. The van der Waals surface area contributed by atoms with Crippen molar-refractivity contribution in [3.63, 3.8) is 0 Å². The highest BCUT2D eigenvalue weighted by Crippen LogP contribution is 2.35. The first kappa shape index (κ1) is 16.3. The van der Waals surface area contributed by atoms with Crippen molar-refractivity contribution < 1.29 is 14.0 Å². The summed E-state index contributed by atoms with van der Waals surface area (Å²) in [6, 6.07) is 3.42. The van der Waals surface area contributed by atoms with Crippen LogP contribution in [-0.4, -0.2) is 33.5 Å². The molecule has 1 N–H and O–H groups in total. The molecule has 0 saturated carbocycles. The van der Waals surface area contributed by atoms with E-state index in [1.807, 2.05) is 26.1 Å². The Morgan fingerprint density at radius 1 is 1.42 bits per heavy atom. The fourth-order valence-corrected chi connectivity index (χ4v) is 3.28. The minimum Gasteiger partial charge on any atom is -0.467 e. The maximum Gasteiger partial charge on any atom is 0.225 e. The third-order valence-corrected chi connectivity index (χ3v) is 4.75. The maximum absolute atomic E-state index is 12.8. The van der Waals surface area contributed by atoms with Crippen LogP contribution in [0, 0.1) is 12.8 Å². The normalized spacial score (nSPS) is 21.1. The second-order valence-corrected chi connectivity index (χ2v) is 6.22. The summed E-state index contributed by atoms with van der Waals surface area (Å²) in [5.74, 6) is 0.419. The molecular formula is C17H22N4O3. The van der Waals surface area contributed by atoms with Crippen LogP contribution in [-0.2, 0) is 23.2 Å². The Morgan fingerprint density at radius 2 is 2.21 bits per heavy atom. The number of likely N-dealkylation sites (tertiary alicyclic amines) is 1. The molecule has 2 aromatic rings. The van der Waals surface area contributed by atoms with E-state index < -0.39 is 0 Å². The Hall–Kier alpha value is -2.57. The molecule has 24 heavy (non-hydrogen) atoms. The molecule has 2 atom stereocenters. The summed E-state index contributed by atoms with van der Waals surface area (Å²) in [7, 11) is 3.57. The van der Waals surface area contributed by atoms with Gasteiger partial charge in [0.2, 0.25) is 11.8 Å². The number of hydrogen-bond acceptors (Lipinski definition) is 4. The SMILES string of the molecule is Cc1ccoc1CNC(=O)[C@H]1CCC(=O)N(C)[C@@H]1c1ccnn1C. The predicted octanol–water partition coefficient (Wildman–Crippen LogP) is 1.55. The van der Waals surface area contributed by atoms with Gasteiger partial charge in [0.15, 0.2) is 0 Å². The Labute approximate surface area is 140 Å². The van der Waals surface area contributed by atoms with Gasteiger partial charge in [-0.15, -0.1) is 0 Å². The Kier molecular flexibility index (Phi) is 4.42. The molecule has 0 radical (unpaired) electrons. The Bertz CT molecular complexity index is 749. The molecule has 0 unspecified atom stereocenters. The lowest BCUT2D eigenvalue weighted by Gasteiger charge is -2.38. The van der Waals surface area contributed by atoms with E-state index in [0.29, 0.717) is 19.4 Å². The van der Waals surface area contributed by atoms with Crippen LogP contribution in [0.4, 0.5) is 0 Å². The van der Waals surface area contributed by atoms with Gasteiger partial charge in [-0.3, -0.25) is 14.3 Å². The van der Waals surface area contributed by atoms with Gasteiger partial charge in [-0.1, -0.05) is 0 Å². The van der Waals surface area contributed by atoms with Gasteiger partial charge in [-0.2, -0.15) is 5.10 Å². The van der Waals surface area contributed by atoms with Crippen molar-refractivity contribution in [1.29, 1.82) is 0 Å². The molecule has 1 saturated heterocycles. The third-order valence-electron chi connectivity index (χ3n) is 4.75. The summed E-state index contributed by atoms with van der Waals surface area (Å²) in [6.45, 7) is 2.29. The van der Waals surface area contributed by atoms with Crippen LogP contribution in [0.1, 0.15) is 35.9 Å². The van der Waals surface area contributed by atoms with E-state index in [4.69, 9.17) is 4.42 Å². The number of piperidine rings is 1. The van der Waals surface area contributed by atoms with Gasteiger partial charge in [0, 0.05) is 26.7 Å². The number of aryl methyl sites for hydroxylation is 2. The lowest BCUT2D eigenvalue weighted by molar-refractivity contribution is -0.142. The molecule has 128 valence electrons. The lowest BCUT2D eigenvalue weighted by Crippen LogP contribution is -2.46. The van der Waals surface area contributed by atoms with Gasteiger partial charge >= 0.3 is 0 Å². The van der Waals surface area contributed by atoms with Crippen LogP contribution >= 0.6 is 0 Å². The van der Waals surface area contributed by atoms with Crippen LogP contribution in [0.15, 0.2) is 29.0 Å². The highest BCUT2D eigenvalue weighted by Gasteiger charge is 2.40. The summed E-state index contributed by atoms with van der Waals surface area (Å²) in [5, 5.41) is 7.12. The largest absolute Gasteiger partial charge is 0.467 e. The number of nitrogens with zero attached hydrogens (tertiary/aromatic N) is 3. The van der Waals surface area contributed by atoms with Crippen LogP contribution < -0.4 is 5.32 Å². The first-order valence-corrected chi connectivity index (χ1v) is 8.03. The van der Waals surface area contributed by atoms with E-state index in [1.165, 1.54) is 0 Å². The van der Waals surface area contributed by atoms with Gasteiger partial charge in [-0.05, 0) is 31.0 Å². The van der Waals surface area contributed by atoms with Gasteiger partial charge in [0.1, 0.15) is 5.76 Å². The third kappa shape index (κ3) is 2.93. The number of carbonyl (C=O) groups is 2. The van der Waals surface area contributed by atoms with Crippen molar-refractivity contribution in [2.24, 2.45) is 13.0 Å². The fourth-order valence-electron chi connectivity index (χ4n) is 3.28. The number of aromatic nitrogens is 2. The van der Waals surface area contributed by atoms with Crippen molar-refractivity contribution in [3.05, 3.63) is 41.6 Å². The average Bonchev–Trinajstić information content (AvgIpc) is 3.16. The molecule has 7 heteroatoms. The zero-order chi connectivity index (χ0) is 17.3. The van der Waals surface area contributed by atoms with Gasteiger partial charge < -0.3 is 14.6 Å². The molecule has 0 bridgehead atoms. The summed E-state index contributed by atoms with van der Waals surface area (Å²) < 4.78 is 7.08. The zero-order valence-electron chi connectivity index (χ0n) is 14.2. The molecule has 0 spiro atoms. The molecule has 0 aliphatic carbocycles. The zero-order valence-corrected chi connectivity index (χ0v) is 14.2. The first-order valence-electron chi connectivity index (χ1n) is 8.03. The second-order valence-electron chi connectivity index (χ2n) is 6.22. The number of furan rings is 1. The van der Waals surface area contributed by atoms with Gasteiger partial charge in [0.05, 0.1) is 30.5 Å². The highest BCUT2D eigenvalue weighted by molar-refractivity contribution is 5.84. The van der Waals surface area contributed by atoms with Crippen LogP contribution in [0.2, 0.25) is 0 Å². The fraction of sp³-hybridized carbons (Fsp3) is 0.471. The quantitative estimate of drug-likeness (QED) is 0.922. The van der Waals surface area contributed by atoms with Crippen molar-refractivity contribution in [2.45, 2.75) is 32.4 Å². The smallest absolute Gasteiger partial charge is 0.225 e. The standard InChI is InChI=1S/C17H22N4O3/c1-11-7-9-24-14(11)10-18-17(23)12-4-5-15(22)20(2)16(12)13-6-8-19-21(13)3/h6-9,12,16H,4-5,10H2,1-3H3,(H,18,23)/t12-,16-/m0/s1. The number of nitrogens with one attached hydrogen (secondary N) is 1. The number of rotatable bonds is 4. The van der Waals surface area contributed by atoms with Crippen molar-refractivity contribution in [1.82, 2.24) is 20.0 Å². The molecule has 1 aliphatic heterocycles. The molecule has 7 nitrogen and oxygen atoms in total. The number of carbonyl (C=O) groups excluding carboxylic acids is 2. The van der Waals surface area contributed by atoms with E-state index in [2.05, 4.69) is 10.4 Å². The second kappa shape index (κ2) is 6.51. The number of hydrogen-bond donors (Lipinski definition) is 1. The Balaban J connectivity index is 1.78. The van der Waals surface area contributed by atoms with Crippen LogP contribution in [0.3, 0.4) is 0 Å². The summed E-state index contributed by atoms with van der Waals surface area (Å²) in [4.78, 5) is 26.5. The van der Waals surface area contributed by atoms with E-state index >= 15 is 0 Å². The van der Waals surface area contributed by atoms with Crippen molar-refractivity contribution in [2.75, 3.05) is 7.05 Å². The topological polar surface area (TPSA) is 80.4 Å². The summed E-state index contributed by atoms with van der Waals surface area (Å²) in [5.41, 5.74) is 1.87. The molecule has 3 heterocycles. The lowest BCUT2D eigenvalue weighted by atomic mass is 9.86. The van der Waals surface area contributed by atoms with Gasteiger partial charge in [-0.25, -0.2) is 0 Å². The number of amides is 2. The minimum absolute atomic E-state index is 0.0483. The molecule has 1 fully saturated rings. The van der Waals surface area contributed by atoms with E-state index in [-0.39, 0.29) is 23.8 Å². The predicted molar refractivity (Wildman–Crippen MR) is 86.7 cm³/mol. The molecule has 2 amide bonds. The minimum atomic E-state index is -0.309. The first-order chi connectivity index (χ1) is 11.5. The molecule has 3 rings (SSSR count). The highest BCUT2D eigenvalue weighted by atomic mass is 16.3. The van der Waals surface area contributed by atoms with E-state index in [0.717, 1.165) is 17.0 Å². The van der Waals surface area contributed by atoms with E-state index in [1.54, 1.807) is 29.1 Å². The Morgan fingerprint density at radius 3 is 2.83 bits per heavy atom. The maximum atomic E-state index is 12.8. The monoisotopic (exact) mass is 330 g/mol. The van der Waals surface area contributed by atoms with E-state index in [9.17, 15) is 9.59 Å². The summed E-state index contributed by atoms with van der Waals surface area (Å²) >= 11 is 0.